The molecule has 0 aromatic heterocycles. The summed E-state index contributed by atoms with van der Waals surface area (Å²) in [4.78, 5) is 11.8. The molecule has 0 aromatic rings. The number of rotatable bonds is 3. The maximum Gasteiger partial charge on any atom is 0.237 e. The van der Waals surface area contributed by atoms with Gasteiger partial charge in [-0.25, -0.2) is 0 Å². The Morgan fingerprint density at radius 1 is 1.37 bits per heavy atom. The highest BCUT2D eigenvalue weighted by Gasteiger charge is 2.42. The predicted octanol–water partition coefficient (Wildman–Crippen LogP) is -3.38. The van der Waals surface area contributed by atoms with Crippen molar-refractivity contribution in [2.45, 2.75) is 49.5 Å². The molecule has 1 unspecified atom stereocenters. The van der Waals surface area contributed by atoms with Gasteiger partial charge in [0.05, 0.1) is 12.1 Å². The van der Waals surface area contributed by atoms with E-state index >= 15 is 0 Å². The van der Waals surface area contributed by atoms with Crippen LogP contribution in [0.4, 0.5) is 0 Å². The van der Waals surface area contributed by atoms with Gasteiger partial charge in [0, 0.05) is 6.54 Å². The SMILES string of the molecule is N[C@H]1C(O)O[C@H](CNC(=O)[C@H]2CCCN2)[C@@H](O)[C@@H]1O. The van der Waals surface area contributed by atoms with Crippen molar-refractivity contribution in [2.75, 3.05) is 13.1 Å². The van der Waals surface area contributed by atoms with Crippen molar-refractivity contribution in [1.82, 2.24) is 10.6 Å². The second-order valence-corrected chi connectivity index (χ2v) is 5.02. The first-order valence-corrected chi connectivity index (χ1v) is 6.47. The van der Waals surface area contributed by atoms with E-state index in [1.807, 2.05) is 0 Å². The van der Waals surface area contributed by atoms with Gasteiger partial charge in [0.25, 0.3) is 0 Å². The molecule has 1 amide bonds. The molecule has 0 spiro atoms. The fraction of sp³-hybridized carbons (Fsp3) is 0.909. The maximum atomic E-state index is 11.8. The van der Waals surface area contributed by atoms with Gasteiger partial charge in [-0.3, -0.25) is 4.79 Å². The molecule has 6 atom stereocenters. The van der Waals surface area contributed by atoms with Gasteiger partial charge in [0.1, 0.15) is 18.3 Å². The number of amides is 1. The van der Waals surface area contributed by atoms with Gasteiger partial charge >= 0.3 is 0 Å². The van der Waals surface area contributed by atoms with Gasteiger partial charge in [-0.15, -0.1) is 0 Å². The summed E-state index contributed by atoms with van der Waals surface area (Å²) in [5.74, 6) is -0.174. The molecule has 8 nitrogen and oxygen atoms in total. The highest BCUT2D eigenvalue weighted by atomic mass is 16.6. The normalized spacial score (nSPS) is 43.2. The Labute approximate surface area is 110 Å². The van der Waals surface area contributed by atoms with Crippen LogP contribution < -0.4 is 16.4 Å². The minimum atomic E-state index is -1.36. The van der Waals surface area contributed by atoms with E-state index in [-0.39, 0.29) is 18.5 Å². The number of nitrogens with two attached hydrogens (primary N) is 1. The van der Waals surface area contributed by atoms with Crippen LogP contribution in [0.15, 0.2) is 0 Å². The molecule has 2 saturated heterocycles. The molecule has 2 heterocycles. The van der Waals surface area contributed by atoms with Gasteiger partial charge in [-0.2, -0.15) is 0 Å². The zero-order valence-electron chi connectivity index (χ0n) is 10.5. The van der Waals surface area contributed by atoms with Crippen LogP contribution in [-0.2, 0) is 9.53 Å². The lowest BCUT2D eigenvalue weighted by Crippen LogP contribution is -2.63. The zero-order chi connectivity index (χ0) is 14.0. The smallest absolute Gasteiger partial charge is 0.237 e. The largest absolute Gasteiger partial charge is 0.388 e. The molecule has 2 rings (SSSR count). The Kier molecular flexibility index (Phi) is 4.71. The fourth-order valence-corrected chi connectivity index (χ4v) is 2.37. The van der Waals surface area contributed by atoms with E-state index in [1.54, 1.807) is 0 Å². The second kappa shape index (κ2) is 6.12. The molecule has 110 valence electrons. The zero-order valence-corrected chi connectivity index (χ0v) is 10.5. The molecule has 0 saturated carbocycles. The third kappa shape index (κ3) is 3.22. The van der Waals surface area contributed by atoms with Crippen molar-refractivity contribution >= 4 is 5.91 Å². The maximum absolute atomic E-state index is 11.8. The number of hydrogen-bond donors (Lipinski definition) is 6. The molecule has 0 bridgehead atoms. The topological polar surface area (TPSA) is 137 Å². The van der Waals surface area contributed by atoms with Crippen LogP contribution >= 0.6 is 0 Å². The Morgan fingerprint density at radius 3 is 2.74 bits per heavy atom. The van der Waals surface area contributed by atoms with Crippen LogP contribution in [0.25, 0.3) is 0 Å². The minimum Gasteiger partial charge on any atom is -0.388 e. The summed E-state index contributed by atoms with van der Waals surface area (Å²) in [6.45, 7) is 0.825. The lowest BCUT2D eigenvalue weighted by molar-refractivity contribution is -0.240. The van der Waals surface area contributed by atoms with Crippen LogP contribution in [0, 0.1) is 0 Å². The Hall–Kier alpha value is -0.770. The molecule has 0 radical (unpaired) electrons. The van der Waals surface area contributed by atoms with Crippen molar-refractivity contribution in [2.24, 2.45) is 5.73 Å². The van der Waals surface area contributed by atoms with E-state index in [2.05, 4.69) is 10.6 Å². The quantitative estimate of drug-likeness (QED) is 0.316. The summed E-state index contributed by atoms with van der Waals surface area (Å²) < 4.78 is 5.08. The second-order valence-electron chi connectivity index (χ2n) is 5.02. The molecule has 19 heavy (non-hydrogen) atoms. The van der Waals surface area contributed by atoms with Crippen molar-refractivity contribution < 1.29 is 24.9 Å². The first-order valence-electron chi connectivity index (χ1n) is 6.47. The molecule has 2 aliphatic heterocycles. The summed E-state index contributed by atoms with van der Waals surface area (Å²) in [6, 6.07) is -1.28. The Morgan fingerprint density at radius 2 is 2.11 bits per heavy atom. The van der Waals surface area contributed by atoms with Gasteiger partial charge < -0.3 is 36.4 Å². The summed E-state index contributed by atoms with van der Waals surface area (Å²) in [5, 5.41) is 34.5. The summed E-state index contributed by atoms with van der Waals surface area (Å²) in [6.07, 6.45) is -3.03. The van der Waals surface area contributed by atoms with Gasteiger partial charge in [-0.1, -0.05) is 0 Å². The van der Waals surface area contributed by atoms with E-state index in [0.29, 0.717) is 0 Å². The van der Waals surface area contributed by atoms with Crippen LogP contribution in [0.1, 0.15) is 12.8 Å². The highest BCUT2D eigenvalue weighted by Crippen LogP contribution is 2.18. The van der Waals surface area contributed by atoms with E-state index in [9.17, 15) is 20.1 Å². The van der Waals surface area contributed by atoms with Crippen LogP contribution in [0.2, 0.25) is 0 Å². The third-order valence-electron chi connectivity index (χ3n) is 3.62. The van der Waals surface area contributed by atoms with E-state index < -0.39 is 30.6 Å². The van der Waals surface area contributed by atoms with Crippen LogP contribution in [-0.4, -0.2) is 71.0 Å². The van der Waals surface area contributed by atoms with Crippen molar-refractivity contribution in [3.8, 4) is 0 Å². The van der Waals surface area contributed by atoms with Crippen LogP contribution in [0.5, 0.6) is 0 Å². The summed E-state index contributed by atoms with van der Waals surface area (Å²) in [5.41, 5.74) is 5.45. The lowest BCUT2D eigenvalue weighted by Gasteiger charge is -2.39. The Bertz CT molecular complexity index is 323. The van der Waals surface area contributed by atoms with Gasteiger partial charge in [0.15, 0.2) is 6.29 Å². The highest BCUT2D eigenvalue weighted by molar-refractivity contribution is 5.82. The molecule has 0 aromatic carbocycles. The number of hydrogen-bond acceptors (Lipinski definition) is 7. The van der Waals surface area contributed by atoms with Crippen LogP contribution in [0.3, 0.4) is 0 Å². The molecular formula is C11H21N3O5. The average Bonchev–Trinajstić information content (AvgIpc) is 2.92. The standard InChI is InChI=1S/C11H21N3O5/c12-7-9(16)8(15)6(19-11(7)18)4-14-10(17)5-2-1-3-13-5/h5-9,11,13,15-16,18H,1-4,12H2,(H,14,17)/t5-,6-,7-,8-,9-,11?/m1/s1. The van der Waals surface area contributed by atoms with Crippen molar-refractivity contribution in [3.05, 3.63) is 0 Å². The number of nitrogens with one attached hydrogen (secondary N) is 2. The number of aliphatic hydroxyl groups is 3. The molecule has 0 aliphatic carbocycles. The van der Waals surface area contributed by atoms with E-state index in [4.69, 9.17) is 10.5 Å². The number of ether oxygens (including phenoxy) is 1. The van der Waals surface area contributed by atoms with Gasteiger partial charge in [0.2, 0.25) is 5.91 Å². The first-order chi connectivity index (χ1) is 9.00. The molecular weight excluding hydrogens is 254 g/mol. The minimum absolute atomic E-state index is 0.0129. The van der Waals surface area contributed by atoms with E-state index in [0.717, 1.165) is 19.4 Å². The molecule has 8 heteroatoms. The molecule has 2 aliphatic rings. The Balaban J connectivity index is 1.83. The monoisotopic (exact) mass is 275 g/mol. The number of carbonyl (C=O) groups excluding carboxylic acids is 1. The summed E-state index contributed by atoms with van der Waals surface area (Å²) in [7, 11) is 0. The fourth-order valence-electron chi connectivity index (χ4n) is 2.37. The number of carbonyl (C=O) groups is 1. The molecule has 2 fully saturated rings. The summed E-state index contributed by atoms with van der Waals surface area (Å²) >= 11 is 0. The predicted molar refractivity (Wildman–Crippen MR) is 64.9 cm³/mol. The van der Waals surface area contributed by atoms with Crippen molar-refractivity contribution in [1.29, 1.82) is 0 Å². The number of aliphatic hydroxyl groups excluding tert-OH is 3. The lowest BCUT2D eigenvalue weighted by atomic mass is 9.97. The average molecular weight is 275 g/mol. The first kappa shape index (κ1) is 14.6. The van der Waals surface area contributed by atoms with Crippen molar-refractivity contribution in [3.63, 3.8) is 0 Å². The third-order valence-corrected chi connectivity index (χ3v) is 3.62. The molecule has 7 N–H and O–H groups in total. The van der Waals surface area contributed by atoms with Gasteiger partial charge in [-0.05, 0) is 19.4 Å². The van der Waals surface area contributed by atoms with E-state index in [1.165, 1.54) is 0 Å².